The summed E-state index contributed by atoms with van der Waals surface area (Å²) in [5.41, 5.74) is 0. The number of carbonyl (C=O) groups excluding carboxylic acids is 1. The van der Waals surface area contributed by atoms with Gasteiger partial charge >= 0.3 is 0 Å². The Labute approximate surface area is 182 Å². The molecule has 0 bridgehead atoms. The van der Waals surface area contributed by atoms with Crippen LogP contribution < -0.4 is 14.8 Å². The van der Waals surface area contributed by atoms with Crippen molar-refractivity contribution in [2.75, 3.05) is 12.9 Å². The lowest BCUT2D eigenvalue weighted by Gasteiger charge is -2.22. The number of rotatable bonds is 10. The van der Waals surface area contributed by atoms with Crippen molar-refractivity contribution in [1.29, 1.82) is 0 Å². The normalized spacial score (nSPS) is 15.4. The van der Waals surface area contributed by atoms with Crippen LogP contribution in [0.5, 0.6) is 11.5 Å². The summed E-state index contributed by atoms with van der Waals surface area (Å²) in [6.07, 6.45) is 7.27. The first-order valence-electron chi connectivity index (χ1n) is 10.4. The van der Waals surface area contributed by atoms with Gasteiger partial charge in [-0.15, -0.1) is 16.8 Å². The van der Waals surface area contributed by atoms with E-state index in [1.54, 1.807) is 13.2 Å². The van der Waals surface area contributed by atoms with E-state index >= 15 is 0 Å². The van der Waals surface area contributed by atoms with E-state index in [9.17, 15) is 4.79 Å². The van der Waals surface area contributed by atoms with Gasteiger partial charge in [0.25, 0.3) is 0 Å². The molecule has 1 N–H and O–H groups in total. The average Bonchev–Trinajstić information content (AvgIpc) is 3.16. The number of nitrogens with one attached hydrogen (secondary N) is 1. The molecule has 0 radical (unpaired) electrons. The van der Waals surface area contributed by atoms with Gasteiger partial charge in [0.1, 0.15) is 11.5 Å². The maximum atomic E-state index is 12.3. The summed E-state index contributed by atoms with van der Waals surface area (Å²) in [6.45, 7) is 6.30. The van der Waals surface area contributed by atoms with Crippen LogP contribution in [0.2, 0.25) is 0 Å². The number of carbonyl (C=O) groups is 1. The van der Waals surface area contributed by atoms with E-state index in [1.807, 2.05) is 35.8 Å². The molecule has 162 valence electrons. The molecule has 3 rings (SSSR count). The fourth-order valence-corrected chi connectivity index (χ4v) is 4.35. The van der Waals surface area contributed by atoms with Crippen LogP contribution in [0.15, 0.2) is 42.1 Å². The number of allylic oxidation sites excluding steroid dienone is 1. The molecule has 0 aliphatic heterocycles. The van der Waals surface area contributed by atoms with Crippen molar-refractivity contribution < 1.29 is 14.3 Å². The van der Waals surface area contributed by atoms with Crippen molar-refractivity contribution in [1.82, 2.24) is 20.1 Å². The van der Waals surface area contributed by atoms with Gasteiger partial charge in [0.15, 0.2) is 17.1 Å². The molecule has 0 spiro atoms. The maximum absolute atomic E-state index is 12.3. The number of thioether (sulfide) groups is 1. The Bertz CT molecular complexity index is 849. The second kappa shape index (κ2) is 11.1. The van der Waals surface area contributed by atoms with Gasteiger partial charge in [0, 0.05) is 18.7 Å². The third kappa shape index (κ3) is 6.01. The van der Waals surface area contributed by atoms with E-state index in [0.29, 0.717) is 35.1 Å². The number of amides is 1. The Morgan fingerprint density at radius 2 is 2.10 bits per heavy atom. The van der Waals surface area contributed by atoms with Gasteiger partial charge in [-0.1, -0.05) is 43.2 Å². The van der Waals surface area contributed by atoms with Crippen LogP contribution in [0.3, 0.4) is 0 Å². The molecule has 1 aliphatic carbocycles. The Morgan fingerprint density at radius 1 is 1.33 bits per heavy atom. The molecule has 1 amide bonds. The number of aromatic nitrogens is 3. The predicted molar refractivity (Wildman–Crippen MR) is 118 cm³/mol. The van der Waals surface area contributed by atoms with Crippen molar-refractivity contribution >= 4 is 17.7 Å². The highest BCUT2D eigenvalue weighted by atomic mass is 32.2. The molecule has 1 atom stereocenters. The highest BCUT2D eigenvalue weighted by Gasteiger charge is 2.21. The van der Waals surface area contributed by atoms with E-state index in [4.69, 9.17) is 9.47 Å². The fourth-order valence-electron chi connectivity index (χ4n) is 3.59. The molecule has 1 saturated carbocycles. The Kier molecular flexibility index (Phi) is 8.19. The first-order valence-corrected chi connectivity index (χ1v) is 11.4. The summed E-state index contributed by atoms with van der Waals surface area (Å²) < 4.78 is 13.2. The third-order valence-electron chi connectivity index (χ3n) is 5.08. The number of nitrogens with zero attached hydrogens (tertiary/aromatic N) is 3. The predicted octanol–water partition coefficient (Wildman–Crippen LogP) is 4.15. The van der Waals surface area contributed by atoms with Crippen molar-refractivity contribution in [3.8, 4) is 11.5 Å². The highest BCUT2D eigenvalue weighted by Crippen LogP contribution is 2.27. The molecule has 0 saturated heterocycles. The zero-order chi connectivity index (χ0) is 21.3. The summed E-state index contributed by atoms with van der Waals surface area (Å²) >= 11 is 1.39. The van der Waals surface area contributed by atoms with Crippen LogP contribution in [0.1, 0.15) is 51.0 Å². The summed E-state index contributed by atoms with van der Waals surface area (Å²) in [5, 5.41) is 12.4. The summed E-state index contributed by atoms with van der Waals surface area (Å²) in [5.74, 6) is 2.47. The molecule has 1 aliphatic rings. The van der Waals surface area contributed by atoms with Gasteiger partial charge in [0.2, 0.25) is 5.91 Å². The van der Waals surface area contributed by atoms with Crippen LogP contribution in [-0.4, -0.2) is 39.6 Å². The van der Waals surface area contributed by atoms with Crippen molar-refractivity contribution in [2.24, 2.45) is 0 Å². The van der Waals surface area contributed by atoms with Crippen LogP contribution in [0, 0.1) is 0 Å². The average molecular weight is 431 g/mol. The second-order valence-electron chi connectivity index (χ2n) is 7.37. The molecule has 1 unspecified atom stereocenters. The molecule has 1 aromatic carbocycles. The van der Waals surface area contributed by atoms with Gasteiger partial charge in [-0.05, 0) is 31.9 Å². The largest absolute Gasteiger partial charge is 0.497 e. The Balaban J connectivity index is 1.63. The SMILES string of the molecule is C=CCn1c(SCC(=O)NC2CCCCC2)nnc1C(C)Oc1cccc(OC)c1. The van der Waals surface area contributed by atoms with Crippen LogP contribution in [0.4, 0.5) is 0 Å². The van der Waals surface area contributed by atoms with E-state index < -0.39 is 0 Å². The number of hydrogen-bond acceptors (Lipinski definition) is 6. The summed E-state index contributed by atoms with van der Waals surface area (Å²) in [6, 6.07) is 7.76. The number of hydrogen-bond donors (Lipinski definition) is 1. The quantitative estimate of drug-likeness (QED) is 0.451. The molecule has 1 fully saturated rings. The minimum absolute atomic E-state index is 0.0438. The topological polar surface area (TPSA) is 78.3 Å². The highest BCUT2D eigenvalue weighted by molar-refractivity contribution is 7.99. The minimum atomic E-state index is -0.324. The van der Waals surface area contributed by atoms with Crippen LogP contribution in [0.25, 0.3) is 0 Å². The number of ether oxygens (including phenoxy) is 2. The van der Waals surface area contributed by atoms with Gasteiger partial charge in [-0.3, -0.25) is 9.36 Å². The van der Waals surface area contributed by atoms with Crippen molar-refractivity contribution in [3.05, 3.63) is 42.7 Å². The van der Waals surface area contributed by atoms with Gasteiger partial charge in [0.05, 0.1) is 12.9 Å². The second-order valence-corrected chi connectivity index (χ2v) is 8.31. The molecule has 7 nitrogen and oxygen atoms in total. The standard InChI is InChI=1S/C22H30N4O3S/c1-4-13-26-21(16(2)29-19-12-8-11-18(14-19)28-3)24-25-22(26)30-15-20(27)23-17-9-6-5-7-10-17/h4,8,11-12,14,16-17H,1,5-7,9-10,13,15H2,2-3H3,(H,23,27). The smallest absolute Gasteiger partial charge is 0.230 e. The summed E-state index contributed by atoms with van der Waals surface area (Å²) in [7, 11) is 1.62. The van der Waals surface area contributed by atoms with E-state index in [-0.39, 0.29) is 12.0 Å². The van der Waals surface area contributed by atoms with E-state index in [2.05, 4.69) is 22.1 Å². The third-order valence-corrected chi connectivity index (χ3v) is 6.04. The molecular formula is C22H30N4O3S. The molecule has 8 heteroatoms. The van der Waals surface area contributed by atoms with E-state index in [0.717, 1.165) is 18.6 Å². The zero-order valence-corrected chi connectivity index (χ0v) is 18.5. The van der Waals surface area contributed by atoms with Gasteiger partial charge in [-0.2, -0.15) is 0 Å². The lowest BCUT2D eigenvalue weighted by molar-refractivity contribution is -0.119. The first-order chi connectivity index (χ1) is 14.6. The first kappa shape index (κ1) is 22.2. The van der Waals surface area contributed by atoms with Crippen molar-refractivity contribution in [3.63, 3.8) is 0 Å². The monoisotopic (exact) mass is 430 g/mol. The maximum Gasteiger partial charge on any atom is 0.230 e. The van der Waals surface area contributed by atoms with Crippen LogP contribution >= 0.6 is 11.8 Å². The van der Waals surface area contributed by atoms with E-state index in [1.165, 1.54) is 31.0 Å². The van der Waals surface area contributed by atoms with Gasteiger partial charge < -0.3 is 14.8 Å². The number of methoxy groups -OCH3 is 1. The number of benzene rings is 1. The molecule has 2 aromatic rings. The molecule has 1 aromatic heterocycles. The molecule has 1 heterocycles. The minimum Gasteiger partial charge on any atom is -0.497 e. The Morgan fingerprint density at radius 3 is 2.83 bits per heavy atom. The van der Waals surface area contributed by atoms with Crippen molar-refractivity contribution in [2.45, 2.75) is 62.9 Å². The summed E-state index contributed by atoms with van der Waals surface area (Å²) in [4.78, 5) is 12.3. The van der Waals surface area contributed by atoms with Crippen LogP contribution in [-0.2, 0) is 11.3 Å². The Hall–Kier alpha value is -2.48. The lowest BCUT2D eigenvalue weighted by atomic mass is 9.95. The molecule has 30 heavy (non-hydrogen) atoms. The fraction of sp³-hybridized carbons (Fsp3) is 0.500. The zero-order valence-electron chi connectivity index (χ0n) is 17.7. The lowest BCUT2D eigenvalue weighted by Crippen LogP contribution is -2.37. The molecular weight excluding hydrogens is 400 g/mol. The van der Waals surface area contributed by atoms with Gasteiger partial charge in [-0.25, -0.2) is 0 Å².